The molecule has 1 saturated carbocycles. The van der Waals surface area contributed by atoms with Crippen molar-refractivity contribution in [2.45, 2.75) is 58.5 Å². The summed E-state index contributed by atoms with van der Waals surface area (Å²) in [6, 6.07) is -0.389. The van der Waals surface area contributed by atoms with Crippen molar-refractivity contribution in [1.29, 1.82) is 0 Å². The first-order valence-electron chi connectivity index (χ1n) is 7.90. The number of ether oxygens (including phenoxy) is 1. The van der Waals surface area contributed by atoms with Crippen LogP contribution in [-0.2, 0) is 9.53 Å². The molecular weight excluding hydrogens is 495 g/mol. The third-order valence-corrected chi connectivity index (χ3v) is 4.53. The van der Waals surface area contributed by atoms with Crippen molar-refractivity contribution in [3.8, 4) is 0 Å². The van der Waals surface area contributed by atoms with Gasteiger partial charge < -0.3 is 21.9 Å². The fraction of sp³-hybridized carbons (Fsp3) is 0.867. The van der Waals surface area contributed by atoms with E-state index in [2.05, 4.69) is 18.8 Å². The first kappa shape index (κ1) is 22.1. The molecule has 1 aliphatic carbocycles. The molecule has 5 N–H and O–H groups in total. The second-order valence-electron chi connectivity index (χ2n) is 5.81. The van der Waals surface area contributed by atoms with E-state index in [1.165, 1.54) is 0 Å². The monoisotopic (exact) mass is 524 g/mol. The molecule has 0 spiro atoms. The summed E-state index contributed by atoms with van der Waals surface area (Å²) in [5.41, 5.74) is 19.5. The summed E-state index contributed by atoms with van der Waals surface area (Å²) in [6.45, 7) is 6.38. The predicted octanol–water partition coefficient (Wildman–Crippen LogP) is 2.07. The summed E-state index contributed by atoms with van der Waals surface area (Å²) in [5.74, 6) is -0.0110. The van der Waals surface area contributed by atoms with Crippen molar-refractivity contribution < 1.29 is 53.6 Å². The molecular formula is C15H29AcN4O2-. The largest absolute Gasteiger partial charge is 0.674 e. The number of nitrogens with zero attached hydrogens (tertiary/aromatic N) is 1. The van der Waals surface area contributed by atoms with Crippen LogP contribution in [0, 0.1) is 61.8 Å². The van der Waals surface area contributed by atoms with Gasteiger partial charge in [0.25, 0.3) is 0 Å². The number of esters is 1. The van der Waals surface area contributed by atoms with Crippen LogP contribution in [0.2, 0.25) is 0 Å². The van der Waals surface area contributed by atoms with Crippen LogP contribution < -0.4 is 11.5 Å². The molecule has 0 bridgehead atoms. The van der Waals surface area contributed by atoms with Crippen molar-refractivity contribution in [2.24, 2.45) is 34.2 Å². The van der Waals surface area contributed by atoms with Crippen molar-refractivity contribution in [1.82, 2.24) is 0 Å². The van der Waals surface area contributed by atoms with Gasteiger partial charge in [0.05, 0.1) is 18.6 Å². The molecule has 0 amide bonds. The van der Waals surface area contributed by atoms with E-state index < -0.39 is 0 Å². The molecule has 0 heterocycles. The average Bonchev–Trinajstić information content (AvgIpc) is 2.83. The molecule has 125 valence electrons. The van der Waals surface area contributed by atoms with Gasteiger partial charge >= 0.3 is 5.97 Å². The number of rotatable bonds is 7. The van der Waals surface area contributed by atoms with E-state index in [0.29, 0.717) is 25.4 Å². The van der Waals surface area contributed by atoms with Crippen LogP contribution in [0.3, 0.4) is 0 Å². The molecule has 1 fully saturated rings. The number of nitrogens with two attached hydrogens (primary N) is 2. The minimum absolute atomic E-state index is 0. The summed E-state index contributed by atoms with van der Waals surface area (Å²) >= 11 is 0. The van der Waals surface area contributed by atoms with Gasteiger partial charge in [-0.25, -0.2) is 0 Å². The third-order valence-electron chi connectivity index (χ3n) is 4.53. The van der Waals surface area contributed by atoms with Gasteiger partial charge in [-0.3, -0.25) is 9.79 Å². The first-order chi connectivity index (χ1) is 9.94. The van der Waals surface area contributed by atoms with Crippen LogP contribution in [0.15, 0.2) is 4.99 Å². The van der Waals surface area contributed by atoms with Crippen LogP contribution in [0.1, 0.15) is 46.5 Å². The zero-order valence-corrected chi connectivity index (χ0v) is 18.7. The molecule has 1 radical (unpaired) electrons. The number of carbonyl (C=O) groups excluding carboxylic acids is 1. The second-order valence-corrected chi connectivity index (χ2v) is 5.81. The summed E-state index contributed by atoms with van der Waals surface area (Å²) in [5, 5.41) is 0. The van der Waals surface area contributed by atoms with Crippen LogP contribution >= 0.6 is 0 Å². The van der Waals surface area contributed by atoms with Gasteiger partial charge in [-0.15, -0.1) is 6.04 Å². The Bertz CT molecular complexity index is 371. The van der Waals surface area contributed by atoms with Crippen molar-refractivity contribution >= 4 is 11.9 Å². The van der Waals surface area contributed by atoms with Crippen LogP contribution in [-0.4, -0.2) is 30.6 Å². The second kappa shape index (κ2) is 10.8. The Morgan fingerprint density at radius 2 is 1.86 bits per heavy atom. The van der Waals surface area contributed by atoms with Crippen molar-refractivity contribution in [3.63, 3.8) is 0 Å². The molecule has 7 heteroatoms. The first-order valence-corrected chi connectivity index (χ1v) is 7.90. The molecule has 0 aromatic rings. The average molecular weight is 524 g/mol. The van der Waals surface area contributed by atoms with Crippen molar-refractivity contribution in [3.05, 3.63) is 5.73 Å². The molecule has 1 unspecified atom stereocenters. The SMILES string of the molecule is CCOC(=O)[C@H]1C[C@@H](N=C(N)N)[C@H](C([NH-])C(CC)CC)C1.[Ac]. The standard InChI is InChI=1S/C15H29N4O2.Ac/c1-4-9(5-2)13(16)11-7-10(14(20)21-6-3)8-12(11)19-15(17)18;/h9-13,16H,4-8H2,1-3H3,(H4,17,18,19);/q-1;/t10-,11-,12-,13?;/m1./s1. The van der Waals surface area contributed by atoms with Gasteiger partial charge in [-0.1, -0.05) is 32.6 Å². The zero-order valence-electron chi connectivity index (χ0n) is 13.9. The number of hydrogen-bond donors (Lipinski definition) is 2. The summed E-state index contributed by atoms with van der Waals surface area (Å²) in [7, 11) is 0. The summed E-state index contributed by atoms with van der Waals surface area (Å²) in [6.07, 6.45) is 3.14. The maximum absolute atomic E-state index is 12.0. The Morgan fingerprint density at radius 3 is 2.32 bits per heavy atom. The van der Waals surface area contributed by atoms with E-state index in [1.54, 1.807) is 6.92 Å². The normalized spacial score (nSPS) is 25.4. The van der Waals surface area contributed by atoms with Gasteiger partial charge in [0.2, 0.25) is 0 Å². The molecule has 1 rings (SSSR count). The molecule has 4 atom stereocenters. The van der Waals surface area contributed by atoms with E-state index in [1.807, 2.05) is 0 Å². The Kier molecular flexibility index (Phi) is 10.9. The van der Waals surface area contributed by atoms with E-state index >= 15 is 0 Å². The van der Waals surface area contributed by atoms with Crippen molar-refractivity contribution in [2.75, 3.05) is 6.61 Å². The van der Waals surface area contributed by atoms with Crippen LogP contribution in [0.5, 0.6) is 0 Å². The maximum Gasteiger partial charge on any atom is 0.309 e. The van der Waals surface area contributed by atoms with E-state index in [4.69, 9.17) is 21.9 Å². The topological polar surface area (TPSA) is 114 Å². The Hall–Kier alpha value is 0.142. The van der Waals surface area contributed by atoms with E-state index in [9.17, 15) is 4.79 Å². The minimum Gasteiger partial charge on any atom is -0.674 e. The maximum atomic E-state index is 12.0. The van der Waals surface area contributed by atoms with E-state index in [-0.39, 0.29) is 79.9 Å². The van der Waals surface area contributed by atoms with Gasteiger partial charge in [0.1, 0.15) is 0 Å². The fourth-order valence-electron chi connectivity index (χ4n) is 3.37. The van der Waals surface area contributed by atoms with E-state index in [0.717, 1.165) is 12.8 Å². The molecule has 0 aromatic heterocycles. The number of hydrogen-bond acceptors (Lipinski definition) is 3. The predicted molar refractivity (Wildman–Crippen MR) is 84.6 cm³/mol. The zero-order chi connectivity index (χ0) is 16.0. The molecule has 0 aliphatic heterocycles. The minimum atomic E-state index is -0.243. The van der Waals surface area contributed by atoms with Gasteiger partial charge in [0.15, 0.2) is 5.96 Å². The van der Waals surface area contributed by atoms with Gasteiger partial charge in [0, 0.05) is 44.1 Å². The fourth-order valence-corrected chi connectivity index (χ4v) is 3.37. The number of aliphatic imine (C=N–C) groups is 1. The number of nitrogens with one attached hydrogen (secondary N) is 1. The van der Waals surface area contributed by atoms with Crippen LogP contribution in [0.4, 0.5) is 0 Å². The molecule has 22 heavy (non-hydrogen) atoms. The third kappa shape index (κ3) is 5.98. The molecule has 0 aromatic carbocycles. The number of carbonyl (C=O) groups is 1. The Morgan fingerprint density at radius 1 is 1.27 bits per heavy atom. The Labute approximate surface area is 169 Å². The van der Waals surface area contributed by atoms with Crippen LogP contribution in [0.25, 0.3) is 5.73 Å². The smallest absolute Gasteiger partial charge is 0.309 e. The molecule has 1 aliphatic rings. The molecule has 0 saturated heterocycles. The Balaban J connectivity index is 0.00000441. The van der Waals surface area contributed by atoms with Gasteiger partial charge in [-0.2, -0.15) is 0 Å². The summed E-state index contributed by atoms with van der Waals surface area (Å²) < 4.78 is 5.11. The molecule has 6 nitrogen and oxygen atoms in total. The van der Waals surface area contributed by atoms with Gasteiger partial charge in [-0.05, 0) is 25.7 Å². The summed E-state index contributed by atoms with van der Waals surface area (Å²) in [4.78, 5) is 16.2. The quantitative estimate of drug-likeness (QED) is 0.302. The number of guanidine groups is 1.